The molecule has 0 saturated heterocycles. The number of aliphatic hydroxyl groups is 1. The minimum Gasteiger partial charge on any atom is -0.391 e. The van der Waals surface area contributed by atoms with Crippen LogP contribution in [0.5, 0.6) is 0 Å². The van der Waals surface area contributed by atoms with E-state index in [2.05, 4.69) is 15.3 Å². The summed E-state index contributed by atoms with van der Waals surface area (Å²) in [5, 5.41) is 13.3. The van der Waals surface area contributed by atoms with Gasteiger partial charge < -0.3 is 10.4 Å². The summed E-state index contributed by atoms with van der Waals surface area (Å²) in [5.74, 6) is 1.37. The van der Waals surface area contributed by atoms with Crippen LogP contribution >= 0.6 is 11.6 Å². The molecule has 17 heavy (non-hydrogen) atoms. The van der Waals surface area contributed by atoms with Gasteiger partial charge in [-0.15, -0.1) is 0 Å². The SMILES string of the molecule is CCCC(O)CNc1nc(C)nc(Cl)c1CC. The van der Waals surface area contributed by atoms with Crippen LogP contribution in [0.25, 0.3) is 0 Å². The summed E-state index contributed by atoms with van der Waals surface area (Å²) in [6, 6.07) is 0. The predicted molar refractivity (Wildman–Crippen MR) is 70.6 cm³/mol. The zero-order valence-corrected chi connectivity index (χ0v) is 11.4. The van der Waals surface area contributed by atoms with Gasteiger partial charge in [-0.25, -0.2) is 9.97 Å². The molecule has 1 atom stereocenters. The van der Waals surface area contributed by atoms with Crippen molar-refractivity contribution in [3.05, 3.63) is 16.5 Å². The van der Waals surface area contributed by atoms with Crippen molar-refractivity contribution >= 4 is 17.4 Å². The summed E-state index contributed by atoms with van der Waals surface area (Å²) in [6.07, 6.45) is 2.17. The number of rotatable bonds is 6. The second kappa shape index (κ2) is 6.77. The Bertz CT molecular complexity index is 371. The summed E-state index contributed by atoms with van der Waals surface area (Å²) in [4.78, 5) is 8.44. The lowest BCUT2D eigenvalue weighted by Gasteiger charge is -2.14. The van der Waals surface area contributed by atoms with Gasteiger partial charge >= 0.3 is 0 Å². The van der Waals surface area contributed by atoms with Gasteiger partial charge in [-0.3, -0.25) is 0 Å². The first-order chi connectivity index (χ1) is 8.08. The van der Waals surface area contributed by atoms with E-state index in [4.69, 9.17) is 11.6 Å². The molecular weight excluding hydrogens is 238 g/mol. The van der Waals surface area contributed by atoms with E-state index in [-0.39, 0.29) is 6.10 Å². The van der Waals surface area contributed by atoms with Crippen molar-refractivity contribution in [2.75, 3.05) is 11.9 Å². The molecule has 0 saturated carbocycles. The lowest BCUT2D eigenvalue weighted by Crippen LogP contribution is -2.20. The largest absolute Gasteiger partial charge is 0.391 e. The van der Waals surface area contributed by atoms with Gasteiger partial charge in [0.1, 0.15) is 16.8 Å². The highest BCUT2D eigenvalue weighted by Crippen LogP contribution is 2.21. The third kappa shape index (κ3) is 4.13. The van der Waals surface area contributed by atoms with Crippen LogP contribution in [-0.2, 0) is 6.42 Å². The molecule has 4 nitrogen and oxygen atoms in total. The quantitative estimate of drug-likeness (QED) is 0.769. The van der Waals surface area contributed by atoms with E-state index < -0.39 is 0 Å². The molecule has 0 aliphatic heterocycles. The third-order valence-corrected chi connectivity index (χ3v) is 2.86. The van der Waals surface area contributed by atoms with E-state index in [1.54, 1.807) is 6.92 Å². The molecular formula is C12H20ClN3O. The number of aliphatic hydroxyl groups excluding tert-OH is 1. The topological polar surface area (TPSA) is 58.0 Å². The van der Waals surface area contributed by atoms with Gasteiger partial charge in [0.2, 0.25) is 0 Å². The third-order valence-electron chi connectivity index (χ3n) is 2.55. The molecule has 0 aromatic carbocycles. The van der Waals surface area contributed by atoms with E-state index in [0.717, 1.165) is 30.6 Å². The minimum atomic E-state index is -0.348. The van der Waals surface area contributed by atoms with Crippen molar-refractivity contribution in [1.29, 1.82) is 0 Å². The maximum absolute atomic E-state index is 9.67. The molecule has 0 radical (unpaired) electrons. The molecule has 5 heteroatoms. The van der Waals surface area contributed by atoms with Crippen LogP contribution in [-0.4, -0.2) is 27.7 Å². The average Bonchev–Trinajstić information content (AvgIpc) is 2.26. The van der Waals surface area contributed by atoms with Crippen LogP contribution in [0.15, 0.2) is 0 Å². The van der Waals surface area contributed by atoms with Gasteiger partial charge in [0.15, 0.2) is 0 Å². The molecule has 2 N–H and O–H groups in total. The smallest absolute Gasteiger partial charge is 0.138 e. The molecule has 1 heterocycles. The fourth-order valence-corrected chi connectivity index (χ4v) is 2.02. The van der Waals surface area contributed by atoms with Crippen molar-refractivity contribution in [3.63, 3.8) is 0 Å². The molecule has 96 valence electrons. The van der Waals surface area contributed by atoms with Gasteiger partial charge in [0.25, 0.3) is 0 Å². The fraction of sp³-hybridized carbons (Fsp3) is 0.667. The maximum Gasteiger partial charge on any atom is 0.138 e. The Morgan fingerprint density at radius 2 is 2.06 bits per heavy atom. The fourth-order valence-electron chi connectivity index (χ4n) is 1.67. The Labute approximate surface area is 107 Å². The summed E-state index contributed by atoms with van der Waals surface area (Å²) in [5.41, 5.74) is 0.904. The van der Waals surface area contributed by atoms with Crippen molar-refractivity contribution < 1.29 is 5.11 Å². The Morgan fingerprint density at radius 3 is 2.65 bits per heavy atom. The van der Waals surface area contributed by atoms with Gasteiger partial charge in [-0.05, 0) is 19.8 Å². The van der Waals surface area contributed by atoms with Crippen molar-refractivity contribution in [3.8, 4) is 0 Å². The molecule has 1 rings (SSSR count). The highest BCUT2D eigenvalue weighted by Gasteiger charge is 2.11. The molecule has 0 aliphatic carbocycles. The molecule has 0 amide bonds. The molecule has 0 spiro atoms. The van der Waals surface area contributed by atoms with Crippen molar-refractivity contribution in [2.24, 2.45) is 0 Å². The number of aryl methyl sites for hydroxylation is 1. The molecule has 0 fully saturated rings. The van der Waals surface area contributed by atoms with Gasteiger partial charge in [0.05, 0.1) is 6.10 Å². The number of halogens is 1. The van der Waals surface area contributed by atoms with Gasteiger partial charge in [-0.1, -0.05) is 31.9 Å². The Hall–Kier alpha value is -0.870. The summed E-state index contributed by atoms with van der Waals surface area (Å²) in [6.45, 7) is 6.35. The van der Waals surface area contributed by atoms with E-state index >= 15 is 0 Å². The van der Waals surface area contributed by atoms with E-state index in [1.807, 2.05) is 13.8 Å². The van der Waals surface area contributed by atoms with Crippen LogP contribution in [0, 0.1) is 6.92 Å². The average molecular weight is 258 g/mol. The van der Waals surface area contributed by atoms with Crippen LogP contribution < -0.4 is 5.32 Å². The van der Waals surface area contributed by atoms with Gasteiger partial charge in [-0.2, -0.15) is 0 Å². The number of hydrogen-bond donors (Lipinski definition) is 2. The van der Waals surface area contributed by atoms with Crippen LogP contribution in [0.2, 0.25) is 5.15 Å². The lowest BCUT2D eigenvalue weighted by molar-refractivity contribution is 0.176. The van der Waals surface area contributed by atoms with E-state index in [1.165, 1.54) is 0 Å². The van der Waals surface area contributed by atoms with E-state index in [9.17, 15) is 5.11 Å². The lowest BCUT2D eigenvalue weighted by atomic mass is 10.2. The van der Waals surface area contributed by atoms with Crippen LogP contribution in [0.4, 0.5) is 5.82 Å². The number of nitrogens with one attached hydrogen (secondary N) is 1. The summed E-state index contributed by atoms with van der Waals surface area (Å²) in [7, 11) is 0. The Kier molecular flexibility index (Phi) is 5.65. The number of anilines is 1. The highest BCUT2D eigenvalue weighted by atomic mass is 35.5. The van der Waals surface area contributed by atoms with Crippen molar-refractivity contribution in [1.82, 2.24) is 9.97 Å². The molecule has 1 aromatic rings. The molecule has 1 aromatic heterocycles. The minimum absolute atomic E-state index is 0.348. The zero-order valence-electron chi connectivity index (χ0n) is 10.6. The van der Waals surface area contributed by atoms with Gasteiger partial charge in [0, 0.05) is 12.1 Å². The second-order valence-electron chi connectivity index (χ2n) is 4.07. The predicted octanol–water partition coefficient (Wildman–Crippen LogP) is 2.57. The van der Waals surface area contributed by atoms with Crippen molar-refractivity contribution in [2.45, 2.75) is 46.1 Å². The maximum atomic E-state index is 9.67. The van der Waals surface area contributed by atoms with E-state index in [0.29, 0.717) is 17.5 Å². The summed E-state index contributed by atoms with van der Waals surface area (Å²) >= 11 is 6.06. The zero-order chi connectivity index (χ0) is 12.8. The number of nitrogens with zero attached hydrogens (tertiary/aromatic N) is 2. The molecule has 0 aliphatic rings. The second-order valence-corrected chi connectivity index (χ2v) is 4.42. The Morgan fingerprint density at radius 1 is 1.35 bits per heavy atom. The first kappa shape index (κ1) is 14.2. The van der Waals surface area contributed by atoms with Crippen LogP contribution in [0.1, 0.15) is 38.1 Å². The first-order valence-electron chi connectivity index (χ1n) is 6.03. The number of aromatic nitrogens is 2. The van der Waals surface area contributed by atoms with Crippen LogP contribution in [0.3, 0.4) is 0 Å². The highest BCUT2D eigenvalue weighted by molar-refractivity contribution is 6.30. The molecule has 1 unspecified atom stereocenters. The number of hydrogen-bond acceptors (Lipinski definition) is 4. The normalized spacial score (nSPS) is 12.5. The standard InChI is InChI=1S/C12H20ClN3O/c1-4-6-9(17)7-14-12-10(5-2)11(13)15-8(3)16-12/h9,17H,4-7H2,1-3H3,(H,14,15,16). The summed E-state index contributed by atoms with van der Waals surface area (Å²) < 4.78 is 0. The first-order valence-corrected chi connectivity index (χ1v) is 6.41. The monoisotopic (exact) mass is 257 g/mol. The molecule has 0 bridgehead atoms. The Balaban J connectivity index is 2.75.